The molecule has 1 fully saturated rings. The Labute approximate surface area is 212 Å². The van der Waals surface area contributed by atoms with Gasteiger partial charge < -0.3 is 15.5 Å². The van der Waals surface area contributed by atoms with Crippen molar-refractivity contribution < 1.29 is 13.6 Å². The zero-order valence-electron chi connectivity index (χ0n) is 21.4. The van der Waals surface area contributed by atoms with Gasteiger partial charge in [0.15, 0.2) is 11.6 Å². The van der Waals surface area contributed by atoms with Gasteiger partial charge in [-0.1, -0.05) is 39.0 Å². The van der Waals surface area contributed by atoms with E-state index in [1.165, 1.54) is 6.07 Å². The highest BCUT2D eigenvalue weighted by molar-refractivity contribution is 6.07. The smallest absolute Gasteiger partial charge is 0.254 e. The fourth-order valence-corrected chi connectivity index (χ4v) is 5.40. The number of fused-ring (bicyclic) bond motifs is 1. The van der Waals surface area contributed by atoms with E-state index in [4.69, 9.17) is 5.73 Å². The molecule has 0 saturated carbocycles. The minimum absolute atomic E-state index is 0.0656. The second-order valence-corrected chi connectivity index (χ2v) is 9.72. The van der Waals surface area contributed by atoms with Crippen molar-refractivity contribution in [1.29, 1.82) is 0 Å². The van der Waals surface area contributed by atoms with Crippen LogP contribution in [0, 0.1) is 11.6 Å². The number of halogens is 2. The SMILES string of the molecule is CCN(CC)CCC(N)(CC)[C@H]1CCCN1C(=O)c1cc(-c2ccc(F)c(F)c2)nc2ccccc12. The molecule has 2 heterocycles. The molecule has 1 aromatic heterocycles. The first-order chi connectivity index (χ1) is 17.3. The van der Waals surface area contributed by atoms with Crippen LogP contribution in [-0.4, -0.2) is 58.5 Å². The molecule has 2 atom stereocenters. The van der Waals surface area contributed by atoms with E-state index in [1.807, 2.05) is 29.2 Å². The minimum Gasteiger partial charge on any atom is -0.334 e. The molecule has 0 radical (unpaired) electrons. The Balaban J connectivity index is 1.71. The summed E-state index contributed by atoms with van der Waals surface area (Å²) in [5.41, 5.74) is 8.53. The molecule has 2 aromatic carbocycles. The average Bonchev–Trinajstić information content (AvgIpc) is 3.40. The largest absolute Gasteiger partial charge is 0.334 e. The second-order valence-electron chi connectivity index (χ2n) is 9.72. The molecule has 1 aliphatic rings. The zero-order chi connectivity index (χ0) is 25.9. The van der Waals surface area contributed by atoms with Crippen LogP contribution in [0.15, 0.2) is 48.5 Å². The number of para-hydroxylation sites is 1. The van der Waals surface area contributed by atoms with Crippen molar-refractivity contribution in [2.75, 3.05) is 26.2 Å². The lowest BCUT2D eigenvalue weighted by Crippen LogP contribution is -2.58. The average molecular weight is 495 g/mol. The van der Waals surface area contributed by atoms with Gasteiger partial charge in [0.1, 0.15) is 0 Å². The maximum atomic E-state index is 14.1. The predicted octanol–water partition coefficient (Wildman–Crippen LogP) is 5.62. The molecule has 1 unspecified atom stereocenters. The molecular formula is C29H36F2N4O. The summed E-state index contributed by atoms with van der Waals surface area (Å²) in [5.74, 6) is -1.95. The third-order valence-corrected chi connectivity index (χ3v) is 7.79. The lowest BCUT2D eigenvalue weighted by Gasteiger charge is -2.41. The van der Waals surface area contributed by atoms with Crippen molar-refractivity contribution in [2.45, 2.75) is 58.0 Å². The first-order valence-corrected chi connectivity index (χ1v) is 13.0. The third kappa shape index (κ3) is 5.13. The minimum atomic E-state index is -0.945. The highest BCUT2D eigenvalue weighted by atomic mass is 19.2. The predicted molar refractivity (Wildman–Crippen MR) is 141 cm³/mol. The van der Waals surface area contributed by atoms with Gasteiger partial charge in [-0.15, -0.1) is 0 Å². The van der Waals surface area contributed by atoms with Crippen molar-refractivity contribution in [3.8, 4) is 11.3 Å². The Morgan fingerprint density at radius 3 is 2.56 bits per heavy atom. The molecule has 0 aliphatic carbocycles. The summed E-state index contributed by atoms with van der Waals surface area (Å²) in [4.78, 5) is 23.0. The van der Waals surface area contributed by atoms with Crippen LogP contribution in [0.3, 0.4) is 0 Å². The van der Waals surface area contributed by atoms with Crippen LogP contribution in [0.1, 0.15) is 56.8 Å². The molecule has 2 N–H and O–H groups in total. The number of rotatable bonds is 9. The van der Waals surface area contributed by atoms with E-state index >= 15 is 0 Å². The van der Waals surface area contributed by atoms with Gasteiger partial charge in [0.05, 0.1) is 22.8 Å². The van der Waals surface area contributed by atoms with Crippen LogP contribution < -0.4 is 5.73 Å². The molecule has 192 valence electrons. The topological polar surface area (TPSA) is 62.5 Å². The third-order valence-electron chi connectivity index (χ3n) is 7.79. The Kier molecular flexibility index (Phi) is 8.00. The highest BCUT2D eigenvalue weighted by Crippen LogP contribution is 2.34. The lowest BCUT2D eigenvalue weighted by molar-refractivity contribution is 0.0637. The van der Waals surface area contributed by atoms with Crippen LogP contribution >= 0.6 is 0 Å². The maximum absolute atomic E-state index is 14.1. The van der Waals surface area contributed by atoms with Crippen molar-refractivity contribution in [3.05, 3.63) is 65.7 Å². The standard InChI is InChI=1S/C29H36F2N4O/c1-4-29(32,15-17-34(5-2)6-3)27-12-9-16-35(27)28(36)22-19-26(20-13-14-23(30)24(31)18-20)33-25-11-8-7-10-21(22)25/h7-8,10-11,13-14,18-19,27H,4-6,9,12,15-17,32H2,1-3H3/t27-,29?/m1/s1. The highest BCUT2D eigenvalue weighted by Gasteiger charge is 2.42. The number of hydrogen-bond acceptors (Lipinski definition) is 4. The summed E-state index contributed by atoms with van der Waals surface area (Å²) in [6, 6.07) is 12.8. The van der Waals surface area contributed by atoms with E-state index in [2.05, 4.69) is 30.7 Å². The number of nitrogens with two attached hydrogens (primary N) is 1. The number of amides is 1. The van der Waals surface area contributed by atoms with E-state index in [1.54, 1.807) is 6.07 Å². The van der Waals surface area contributed by atoms with Gasteiger partial charge in [-0.2, -0.15) is 0 Å². The number of likely N-dealkylation sites (tertiary alicyclic amines) is 1. The van der Waals surface area contributed by atoms with Gasteiger partial charge in [0, 0.05) is 23.0 Å². The first kappa shape index (κ1) is 26.2. The molecule has 36 heavy (non-hydrogen) atoms. The van der Waals surface area contributed by atoms with Crippen molar-refractivity contribution in [1.82, 2.24) is 14.8 Å². The van der Waals surface area contributed by atoms with Crippen molar-refractivity contribution in [2.24, 2.45) is 5.73 Å². The van der Waals surface area contributed by atoms with Gasteiger partial charge in [-0.3, -0.25) is 4.79 Å². The molecule has 1 saturated heterocycles. The molecule has 0 bridgehead atoms. The number of hydrogen-bond donors (Lipinski definition) is 1. The summed E-state index contributed by atoms with van der Waals surface area (Å²) in [6.45, 7) is 9.89. The van der Waals surface area contributed by atoms with Crippen molar-refractivity contribution in [3.63, 3.8) is 0 Å². The van der Waals surface area contributed by atoms with Gasteiger partial charge in [0.25, 0.3) is 5.91 Å². The summed E-state index contributed by atoms with van der Waals surface area (Å²) in [7, 11) is 0. The number of carbonyl (C=O) groups is 1. The first-order valence-electron chi connectivity index (χ1n) is 13.0. The van der Waals surface area contributed by atoms with Crippen molar-refractivity contribution >= 4 is 16.8 Å². The van der Waals surface area contributed by atoms with Crippen LogP contribution in [-0.2, 0) is 0 Å². The fraction of sp³-hybridized carbons (Fsp3) is 0.448. The van der Waals surface area contributed by atoms with E-state index in [0.717, 1.165) is 62.8 Å². The summed E-state index contributed by atoms with van der Waals surface area (Å²) < 4.78 is 27.5. The van der Waals surface area contributed by atoms with Crippen LogP contribution in [0.25, 0.3) is 22.2 Å². The summed E-state index contributed by atoms with van der Waals surface area (Å²) in [6.07, 6.45) is 3.36. The maximum Gasteiger partial charge on any atom is 0.254 e. The Morgan fingerprint density at radius 2 is 1.86 bits per heavy atom. The van der Waals surface area contributed by atoms with Crippen LogP contribution in [0.2, 0.25) is 0 Å². The normalized spacial score (nSPS) is 17.6. The molecule has 5 nitrogen and oxygen atoms in total. The summed E-state index contributed by atoms with van der Waals surface area (Å²) >= 11 is 0. The Bertz CT molecular complexity index is 1230. The Hall–Kier alpha value is -2.90. The molecule has 7 heteroatoms. The van der Waals surface area contributed by atoms with Gasteiger partial charge in [0.2, 0.25) is 0 Å². The van der Waals surface area contributed by atoms with E-state index in [9.17, 15) is 13.6 Å². The molecule has 1 aliphatic heterocycles. The monoisotopic (exact) mass is 494 g/mol. The van der Waals surface area contributed by atoms with E-state index < -0.39 is 17.2 Å². The molecule has 1 amide bonds. The van der Waals surface area contributed by atoms with E-state index in [-0.39, 0.29) is 11.9 Å². The van der Waals surface area contributed by atoms with E-state index in [0.29, 0.717) is 28.9 Å². The lowest BCUT2D eigenvalue weighted by atomic mass is 9.83. The number of aromatic nitrogens is 1. The van der Waals surface area contributed by atoms with Gasteiger partial charge in [-0.05, 0) is 75.6 Å². The Morgan fingerprint density at radius 1 is 1.11 bits per heavy atom. The second kappa shape index (κ2) is 11.0. The number of benzene rings is 2. The van der Waals surface area contributed by atoms with Crippen LogP contribution in [0.4, 0.5) is 8.78 Å². The number of nitrogens with zero attached hydrogens (tertiary/aromatic N) is 3. The van der Waals surface area contributed by atoms with Crippen LogP contribution in [0.5, 0.6) is 0 Å². The molecule has 0 spiro atoms. The summed E-state index contributed by atoms with van der Waals surface area (Å²) in [5, 5.41) is 0.738. The zero-order valence-corrected chi connectivity index (χ0v) is 21.4. The fourth-order valence-electron chi connectivity index (χ4n) is 5.40. The molecule has 4 rings (SSSR count). The quantitative estimate of drug-likeness (QED) is 0.419. The molecule has 3 aromatic rings. The molecular weight excluding hydrogens is 458 g/mol. The number of carbonyl (C=O) groups excluding carboxylic acids is 1. The van der Waals surface area contributed by atoms with Gasteiger partial charge >= 0.3 is 0 Å². The van der Waals surface area contributed by atoms with Gasteiger partial charge in [-0.25, -0.2) is 13.8 Å². The number of pyridine rings is 1.